The molecule has 2 aliphatic heterocycles. The molecule has 0 aromatic rings. The van der Waals surface area contributed by atoms with E-state index in [4.69, 9.17) is 0 Å². The SMILES string of the molecule is CC1(F)CN(C2CCC3(CC2)CCN(C(C)(C)C)CC3)C1. The van der Waals surface area contributed by atoms with E-state index in [1.165, 1.54) is 51.6 Å². The molecule has 0 N–H and O–H groups in total. The molecule has 0 unspecified atom stereocenters. The van der Waals surface area contributed by atoms with E-state index >= 15 is 0 Å². The van der Waals surface area contributed by atoms with E-state index in [0.717, 1.165) is 0 Å². The molecule has 1 aliphatic carbocycles. The summed E-state index contributed by atoms with van der Waals surface area (Å²) < 4.78 is 13.7. The van der Waals surface area contributed by atoms with Crippen LogP contribution in [0.5, 0.6) is 0 Å². The number of alkyl halides is 1. The lowest BCUT2D eigenvalue weighted by Gasteiger charge is -2.53. The highest BCUT2D eigenvalue weighted by Crippen LogP contribution is 2.47. The number of halogens is 1. The number of hydrogen-bond acceptors (Lipinski definition) is 2. The van der Waals surface area contributed by atoms with Gasteiger partial charge >= 0.3 is 0 Å². The fraction of sp³-hybridized carbons (Fsp3) is 1.00. The zero-order valence-corrected chi connectivity index (χ0v) is 14.4. The van der Waals surface area contributed by atoms with Gasteiger partial charge in [-0.05, 0) is 84.7 Å². The van der Waals surface area contributed by atoms with Crippen molar-refractivity contribution in [3.63, 3.8) is 0 Å². The van der Waals surface area contributed by atoms with Gasteiger partial charge in [-0.15, -0.1) is 0 Å². The Hall–Kier alpha value is -0.150. The summed E-state index contributed by atoms with van der Waals surface area (Å²) in [5.41, 5.74) is 0.0251. The van der Waals surface area contributed by atoms with Crippen LogP contribution in [0.15, 0.2) is 0 Å². The molecule has 2 saturated heterocycles. The summed E-state index contributed by atoms with van der Waals surface area (Å²) in [6.45, 7) is 12.6. The Labute approximate surface area is 130 Å². The predicted octanol–water partition coefficient (Wildman–Crippen LogP) is 3.85. The van der Waals surface area contributed by atoms with Crippen LogP contribution in [0.1, 0.15) is 66.2 Å². The highest BCUT2D eigenvalue weighted by Gasteiger charge is 2.46. The lowest BCUT2D eigenvalue weighted by molar-refractivity contribution is -0.0695. The van der Waals surface area contributed by atoms with Crippen molar-refractivity contribution in [1.82, 2.24) is 9.80 Å². The summed E-state index contributed by atoms with van der Waals surface area (Å²) in [6, 6.07) is 0.667. The number of hydrogen-bond donors (Lipinski definition) is 0. The van der Waals surface area contributed by atoms with Gasteiger partial charge < -0.3 is 0 Å². The Morgan fingerprint density at radius 1 is 0.952 bits per heavy atom. The van der Waals surface area contributed by atoms with E-state index in [1.54, 1.807) is 6.92 Å². The van der Waals surface area contributed by atoms with Crippen molar-refractivity contribution in [2.45, 2.75) is 83.5 Å². The maximum absolute atomic E-state index is 13.7. The van der Waals surface area contributed by atoms with Gasteiger partial charge in [0.25, 0.3) is 0 Å². The van der Waals surface area contributed by atoms with Gasteiger partial charge in [0.1, 0.15) is 5.67 Å². The third-order valence-corrected chi connectivity index (χ3v) is 6.37. The summed E-state index contributed by atoms with van der Waals surface area (Å²) in [6.07, 6.45) is 8.08. The minimum Gasteiger partial charge on any atom is -0.298 e. The number of nitrogens with zero attached hydrogens (tertiary/aromatic N) is 2. The topological polar surface area (TPSA) is 6.48 Å². The molecule has 3 aliphatic rings. The van der Waals surface area contributed by atoms with E-state index in [1.807, 2.05) is 0 Å². The van der Waals surface area contributed by atoms with Crippen molar-refractivity contribution in [2.75, 3.05) is 26.2 Å². The molecular formula is C18H33FN2. The Balaban J connectivity index is 1.48. The van der Waals surface area contributed by atoms with Crippen molar-refractivity contribution in [3.8, 4) is 0 Å². The lowest BCUT2D eigenvalue weighted by Crippen LogP contribution is -2.61. The second-order valence-corrected chi connectivity index (χ2v) is 9.21. The third-order valence-electron chi connectivity index (χ3n) is 6.37. The van der Waals surface area contributed by atoms with Crippen molar-refractivity contribution in [1.29, 1.82) is 0 Å². The van der Waals surface area contributed by atoms with E-state index < -0.39 is 5.67 Å². The summed E-state index contributed by atoms with van der Waals surface area (Å²) in [4.78, 5) is 5.03. The summed E-state index contributed by atoms with van der Waals surface area (Å²) in [5, 5.41) is 0. The zero-order valence-electron chi connectivity index (χ0n) is 14.4. The first kappa shape index (κ1) is 15.7. The molecule has 0 atom stereocenters. The van der Waals surface area contributed by atoms with Crippen LogP contribution in [-0.4, -0.2) is 53.2 Å². The Morgan fingerprint density at radius 3 is 1.90 bits per heavy atom. The van der Waals surface area contributed by atoms with Crippen LogP contribution in [0, 0.1) is 5.41 Å². The maximum Gasteiger partial charge on any atom is 0.133 e. The summed E-state index contributed by atoms with van der Waals surface area (Å²) >= 11 is 0. The van der Waals surface area contributed by atoms with Crippen LogP contribution in [0.25, 0.3) is 0 Å². The zero-order chi connectivity index (χ0) is 15.3. The van der Waals surface area contributed by atoms with E-state index in [-0.39, 0.29) is 0 Å². The van der Waals surface area contributed by atoms with E-state index in [9.17, 15) is 4.39 Å². The molecule has 2 heterocycles. The van der Waals surface area contributed by atoms with Crippen LogP contribution in [0.3, 0.4) is 0 Å². The molecular weight excluding hydrogens is 263 g/mol. The fourth-order valence-electron chi connectivity index (χ4n) is 4.79. The Bertz CT molecular complexity index is 359. The lowest BCUT2D eigenvalue weighted by atomic mass is 9.66. The first-order chi connectivity index (χ1) is 9.69. The second-order valence-electron chi connectivity index (χ2n) is 9.21. The largest absolute Gasteiger partial charge is 0.298 e. The van der Waals surface area contributed by atoms with Crippen molar-refractivity contribution in [2.24, 2.45) is 5.41 Å². The summed E-state index contributed by atoms with van der Waals surface area (Å²) in [7, 11) is 0. The minimum atomic E-state index is -0.910. The van der Waals surface area contributed by atoms with Crippen LogP contribution in [-0.2, 0) is 0 Å². The van der Waals surface area contributed by atoms with Crippen LogP contribution >= 0.6 is 0 Å². The molecule has 0 aromatic carbocycles. The van der Waals surface area contributed by atoms with Crippen LogP contribution in [0.2, 0.25) is 0 Å². The summed E-state index contributed by atoms with van der Waals surface area (Å²) in [5.74, 6) is 0. The van der Waals surface area contributed by atoms with Crippen molar-refractivity contribution in [3.05, 3.63) is 0 Å². The smallest absolute Gasteiger partial charge is 0.133 e. The average Bonchev–Trinajstić information content (AvgIpc) is 2.36. The molecule has 122 valence electrons. The fourth-order valence-corrected chi connectivity index (χ4v) is 4.79. The molecule has 3 heteroatoms. The second kappa shape index (κ2) is 5.19. The standard InChI is InChI=1S/C18H33FN2/c1-16(2,3)21-11-9-18(10-12-21)7-5-15(6-8-18)20-13-17(4,19)14-20/h15H,5-14H2,1-4H3. The molecule has 0 amide bonds. The highest BCUT2D eigenvalue weighted by atomic mass is 19.1. The molecule has 1 saturated carbocycles. The van der Waals surface area contributed by atoms with E-state index in [0.29, 0.717) is 30.1 Å². The number of likely N-dealkylation sites (tertiary alicyclic amines) is 2. The average molecular weight is 296 g/mol. The highest BCUT2D eigenvalue weighted by molar-refractivity contribution is 5.00. The first-order valence-corrected chi connectivity index (χ1v) is 8.87. The third kappa shape index (κ3) is 3.29. The van der Waals surface area contributed by atoms with Gasteiger partial charge in [0.2, 0.25) is 0 Å². The predicted molar refractivity (Wildman–Crippen MR) is 86.3 cm³/mol. The van der Waals surface area contributed by atoms with Gasteiger partial charge in [-0.3, -0.25) is 9.80 Å². The monoisotopic (exact) mass is 296 g/mol. The first-order valence-electron chi connectivity index (χ1n) is 8.87. The number of rotatable bonds is 1. The minimum absolute atomic E-state index is 0.321. The van der Waals surface area contributed by atoms with Crippen LogP contribution < -0.4 is 0 Å². The van der Waals surface area contributed by atoms with Crippen molar-refractivity contribution < 1.29 is 4.39 Å². The molecule has 2 nitrogen and oxygen atoms in total. The number of piperidine rings is 1. The van der Waals surface area contributed by atoms with Gasteiger partial charge in [0.15, 0.2) is 0 Å². The quantitative estimate of drug-likeness (QED) is 0.725. The van der Waals surface area contributed by atoms with Gasteiger partial charge in [0, 0.05) is 24.7 Å². The molecule has 3 rings (SSSR count). The molecule has 3 fully saturated rings. The molecule has 21 heavy (non-hydrogen) atoms. The molecule has 0 bridgehead atoms. The normalized spacial score (nSPS) is 31.3. The Morgan fingerprint density at radius 2 is 1.48 bits per heavy atom. The van der Waals surface area contributed by atoms with Gasteiger partial charge in [-0.25, -0.2) is 4.39 Å². The van der Waals surface area contributed by atoms with Gasteiger partial charge in [-0.2, -0.15) is 0 Å². The van der Waals surface area contributed by atoms with Crippen LogP contribution in [0.4, 0.5) is 4.39 Å². The molecule has 0 aromatic heterocycles. The van der Waals surface area contributed by atoms with E-state index in [2.05, 4.69) is 30.6 Å². The maximum atomic E-state index is 13.7. The Kier molecular flexibility index (Phi) is 3.89. The molecule has 1 spiro atoms. The molecule has 0 radical (unpaired) electrons. The van der Waals surface area contributed by atoms with Gasteiger partial charge in [-0.1, -0.05) is 0 Å². The van der Waals surface area contributed by atoms with Gasteiger partial charge in [0.05, 0.1) is 0 Å². The van der Waals surface area contributed by atoms with Crippen molar-refractivity contribution >= 4 is 0 Å².